The van der Waals surface area contributed by atoms with E-state index in [-0.39, 0.29) is 0 Å². The standard InChI is InChI=1S/C57H36N12/c1-4-19-49-46(16-1)61-55(37-22-28-58-29-23-37)67(49)43-13-7-10-40(34-43)52-64-53(41-11-8-14-44(35-41)68-50-20-5-2-17-47(50)62-56(68)38-24-30-59-31-25-38)66-54(65-52)42-12-9-15-45(36-42)69-51-21-6-3-18-48(51)63-57(69)39-26-32-60-33-27-39/h1-36H. The monoisotopic (exact) mass is 888 g/mol. The first-order chi connectivity index (χ1) is 34.2. The molecule has 0 aliphatic heterocycles. The van der Waals surface area contributed by atoms with Gasteiger partial charge in [0.05, 0.1) is 33.1 Å². The van der Waals surface area contributed by atoms with E-state index in [1.165, 1.54) is 0 Å². The molecular weight excluding hydrogens is 853 g/mol. The number of benzene rings is 6. The molecule has 0 unspecified atom stereocenters. The van der Waals surface area contributed by atoms with Gasteiger partial charge in [0.25, 0.3) is 0 Å². The first-order valence-corrected chi connectivity index (χ1v) is 22.4. The summed E-state index contributed by atoms with van der Waals surface area (Å²) in [6, 6.07) is 61.2. The zero-order valence-corrected chi connectivity index (χ0v) is 36.7. The van der Waals surface area contributed by atoms with Crippen molar-refractivity contribution in [2.45, 2.75) is 0 Å². The lowest BCUT2D eigenvalue weighted by Crippen LogP contribution is -2.03. The van der Waals surface area contributed by atoms with E-state index in [0.717, 1.165) is 101 Å². The molecule has 7 aromatic heterocycles. The summed E-state index contributed by atoms with van der Waals surface area (Å²) in [5.41, 5.74) is 13.6. The Morgan fingerprint density at radius 1 is 0.246 bits per heavy atom. The van der Waals surface area contributed by atoms with E-state index in [4.69, 9.17) is 29.9 Å². The number of hydrogen-bond donors (Lipinski definition) is 0. The van der Waals surface area contributed by atoms with Crippen LogP contribution in [0.5, 0.6) is 0 Å². The van der Waals surface area contributed by atoms with Crippen LogP contribution in [0.25, 0.3) is 118 Å². The molecule has 7 heterocycles. The smallest absolute Gasteiger partial charge is 0.164 e. The summed E-state index contributed by atoms with van der Waals surface area (Å²) in [5.74, 6) is 3.95. The molecular formula is C57H36N12. The minimum atomic E-state index is 0.513. The van der Waals surface area contributed by atoms with Crippen LogP contribution in [0.4, 0.5) is 0 Å². The molecule has 0 saturated heterocycles. The van der Waals surface area contributed by atoms with Crippen molar-refractivity contribution in [3.05, 3.63) is 219 Å². The van der Waals surface area contributed by atoms with Crippen molar-refractivity contribution in [2.75, 3.05) is 0 Å². The van der Waals surface area contributed by atoms with E-state index in [1.807, 2.05) is 127 Å². The molecule has 324 valence electrons. The van der Waals surface area contributed by atoms with E-state index >= 15 is 0 Å². The number of fused-ring (bicyclic) bond motifs is 3. The minimum absolute atomic E-state index is 0.513. The predicted octanol–water partition coefficient (Wildman–Crippen LogP) is 12.1. The molecule has 0 saturated carbocycles. The Morgan fingerprint density at radius 2 is 0.536 bits per heavy atom. The van der Waals surface area contributed by atoms with Gasteiger partial charge in [0.2, 0.25) is 0 Å². The highest BCUT2D eigenvalue weighted by atomic mass is 15.1. The number of rotatable bonds is 9. The maximum Gasteiger partial charge on any atom is 0.164 e. The van der Waals surface area contributed by atoms with Gasteiger partial charge in [-0.3, -0.25) is 28.7 Å². The highest BCUT2D eigenvalue weighted by Gasteiger charge is 2.21. The molecule has 69 heavy (non-hydrogen) atoms. The number of nitrogens with zero attached hydrogens (tertiary/aromatic N) is 12. The molecule has 0 N–H and O–H groups in total. The highest BCUT2D eigenvalue weighted by Crippen LogP contribution is 2.35. The highest BCUT2D eigenvalue weighted by molar-refractivity contribution is 5.86. The fraction of sp³-hybridized carbons (Fsp3) is 0. The molecule has 0 fully saturated rings. The molecule has 12 heteroatoms. The van der Waals surface area contributed by atoms with Gasteiger partial charge in [-0.05, 0) is 109 Å². The molecule has 6 aromatic carbocycles. The average molecular weight is 889 g/mol. The summed E-state index contributed by atoms with van der Waals surface area (Å²) in [7, 11) is 0. The first-order valence-electron chi connectivity index (χ1n) is 22.4. The van der Waals surface area contributed by atoms with Crippen molar-refractivity contribution in [1.82, 2.24) is 58.6 Å². The molecule has 0 spiro atoms. The molecule has 0 atom stereocenters. The van der Waals surface area contributed by atoms with Gasteiger partial charge in [-0.2, -0.15) is 0 Å². The van der Waals surface area contributed by atoms with Crippen LogP contribution in [-0.4, -0.2) is 58.6 Å². The molecule has 0 bridgehead atoms. The molecule has 13 aromatic rings. The Kier molecular flexibility index (Phi) is 9.49. The van der Waals surface area contributed by atoms with Crippen LogP contribution < -0.4 is 0 Å². The van der Waals surface area contributed by atoms with E-state index in [1.54, 1.807) is 37.2 Å². The van der Waals surface area contributed by atoms with Crippen molar-refractivity contribution < 1.29 is 0 Å². The third kappa shape index (κ3) is 7.07. The molecule has 0 aliphatic rings. The number of pyridine rings is 3. The average Bonchev–Trinajstić information content (AvgIpc) is 4.14. The Hall–Kier alpha value is -9.81. The van der Waals surface area contributed by atoms with Crippen molar-refractivity contribution in [3.8, 4) is 85.4 Å². The number of para-hydroxylation sites is 6. The third-order valence-corrected chi connectivity index (χ3v) is 12.2. The van der Waals surface area contributed by atoms with Crippen molar-refractivity contribution >= 4 is 33.1 Å². The molecule has 13 rings (SSSR count). The summed E-state index contributed by atoms with van der Waals surface area (Å²) in [5, 5.41) is 0. The van der Waals surface area contributed by atoms with E-state index in [0.29, 0.717) is 17.5 Å². The Morgan fingerprint density at radius 3 is 0.841 bits per heavy atom. The van der Waals surface area contributed by atoms with Crippen LogP contribution in [0.1, 0.15) is 0 Å². The van der Waals surface area contributed by atoms with Crippen LogP contribution in [0, 0.1) is 0 Å². The zero-order valence-electron chi connectivity index (χ0n) is 36.7. The van der Waals surface area contributed by atoms with Crippen molar-refractivity contribution in [1.29, 1.82) is 0 Å². The van der Waals surface area contributed by atoms with Gasteiger partial charge >= 0.3 is 0 Å². The Labute approximate surface area is 394 Å². The Balaban J connectivity index is 1.00. The van der Waals surface area contributed by atoms with Gasteiger partial charge in [-0.1, -0.05) is 72.8 Å². The second kappa shape index (κ2) is 16.6. The topological polar surface area (TPSA) is 131 Å². The second-order valence-corrected chi connectivity index (χ2v) is 16.4. The molecule has 12 nitrogen and oxygen atoms in total. The number of imidazole rings is 3. The second-order valence-electron chi connectivity index (χ2n) is 16.4. The minimum Gasteiger partial charge on any atom is -0.292 e. The van der Waals surface area contributed by atoms with E-state index in [9.17, 15) is 0 Å². The van der Waals surface area contributed by atoms with Crippen LogP contribution in [0.2, 0.25) is 0 Å². The van der Waals surface area contributed by atoms with Crippen LogP contribution in [0.15, 0.2) is 219 Å². The van der Waals surface area contributed by atoms with Crippen LogP contribution >= 0.6 is 0 Å². The summed E-state index contributed by atoms with van der Waals surface area (Å²) < 4.78 is 6.53. The van der Waals surface area contributed by atoms with Gasteiger partial charge in [0.1, 0.15) is 17.5 Å². The van der Waals surface area contributed by atoms with Crippen molar-refractivity contribution in [3.63, 3.8) is 0 Å². The normalized spacial score (nSPS) is 11.5. The van der Waals surface area contributed by atoms with Gasteiger partial charge in [0.15, 0.2) is 17.5 Å². The first kappa shape index (κ1) is 39.5. The van der Waals surface area contributed by atoms with Crippen LogP contribution in [-0.2, 0) is 0 Å². The maximum atomic E-state index is 5.29. The SMILES string of the molecule is c1cc(-c2nc(-c3cccc(-n4c(-c5ccncc5)nc5ccccc54)c3)nc(-c3cccc(-n4c(-c5ccncc5)nc5ccccc54)c3)n2)cc(-n2c(-c3ccncc3)nc3ccccc32)c1. The number of hydrogen-bond acceptors (Lipinski definition) is 9. The maximum absolute atomic E-state index is 5.29. The quantitative estimate of drug-likeness (QED) is 0.139. The summed E-state index contributed by atoms with van der Waals surface area (Å²) in [6.07, 6.45) is 10.7. The fourth-order valence-corrected chi connectivity index (χ4v) is 9.06. The Bertz CT molecular complexity index is 3600. The van der Waals surface area contributed by atoms with Crippen LogP contribution in [0.3, 0.4) is 0 Å². The number of aromatic nitrogens is 12. The summed E-state index contributed by atoms with van der Waals surface area (Å²) in [4.78, 5) is 44.0. The lowest BCUT2D eigenvalue weighted by molar-refractivity contribution is 1.06. The van der Waals surface area contributed by atoms with Crippen molar-refractivity contribution in [2.24, 2.45) is 0 Å². The molecule has 0 aliphatic carbocycles. The largest absolute Gasteiger partial charge is 0.292 e. The van der Waals surface area contributed by atoms with E-state index < -0.39 is 0 Å². The third-order valence-electron chi connectivity index (χ3n) is 12.2. The fourth-order valence-electron chi connectivity index (χ4n) is 9.06. The van der Waals surface area contributed by atoms with Gasteiger partial charge < -0.3 is 0 Å². The summed E-state index contributed by atoms with van der Waals surface area (Å²) >= 11 is 0. The molecule has 0 amide bonds. The van der Waals surface area contributed by atoms with Gasteiger partial charge in [-0.25, -0.2) is 29.9 Å². The lowest BCUT2D eigenvalue weighted by atomic mass is 10.1. The van der Waals surface area contributed by atoms with Gasteiger partial charge in [-0.15, -0.1) is 0 Å². The predicted molar refractivity (Wildman–Crippen MR) is 270 cm³/mol. The zero-order chi connectivity index (χ0) is 45.7. The lowest BCUT2D eigenvalue weighted by Gasteiger charge is -2.14. The van der Waals surface area contributed by atoms with Gasteiger partial charge in [0, 0.05) is 87.6 Å². The molecule has 0 radical (unpaired) electrons. The summed E-state index contributed by atoms with van der Waals surface area (Å²) in [6.45, 7) is 0. The van der Waals surface area contributed by atoms with E-state index in [2.05, 4.69) is 83.3 Å².